The average molecular weight is 344 g/mol. The van der Waals surface area contributed by atoms with Crippen LogP contribution in [0.25, 0.3) is 0 Å². The van der Waals surface area contributed by atoms with Crippen LogP contribution in [0.2, 0.25) is 0 Å². The quantitative estimate of drug-likeness (QED) is 0.912. The number of phenolic OH excluding ortho intramolecular Hbond substituents is 1. The van der Waals surface area contributed by atoms with E-state index in [2.05, 4.69) is 4.90 Å². The minimum atomic E-state index is 0.0846. The third-order valence-electron chi connectivity index (χ3n) is 6.04. The number of amides is 1. The maximum atomic E-state index is 12.5. The zero-order valence-corrected chi connectivity index (χ0v) is 14.8. The lowest BCUT2D eigenvalue weighted by atomic mass is 9.81. The van der Waals surface area contributed by atoms with Crippen LogP contribution < -0.4 is 0 Å². The summed E-state index contributed by atoms with van der Waals surface area (Å²) >= 11 is 0. The van der Waals surface area contributed by atoms with Crippen molar-refractivity contribution in [1.82, 2.24) is 9.80 Å². The Morgan fingerprint density at radius 3 is 2.44 bits per heavy atom. The molecular formula is C20H28N2O3. The minimum absolute atomic E-state index is 0.0846. The number of carbonyl (C=O) groups excluding carboxylic acids is 1. The number of carbonyl (C=O) groups is 1. The molecule has 0 radical (unpaired) electrons. The number of aromatic hydroxyl groups is 1. The summed E-state index contributed by atoms with van der Waals surface area (Å²) in [6, 6.07) is 5.16. The largest absolute Gasteiger partial charge is 0.508 e. The fourth-order valence-corrected chi connectivity index (χ4v) is 4.55. The third kappa shape index (κ3) is 3.82. The first-order chi connectivity index (χ1) is 12.2. The Labute approximate surface area is 149 Å². The minimum Gasteiger partial charge on any atom is -0.508 e. The molecule has 0 bridgehead atoms. The van der Waals surface area contributed by atoms with Crippen molar-refractivity contribution in [2.75, 3.05) is 39.4 Å². The Morgan fingerprint density at radius 1 is 1.04 bits per heavy atom. The van der Waals surface area contributed by atoms with Crippen molar-refractivity contribution >= 4 is 5.91 Å². The van der Waals surface area contributed by atoms with Gasteiger partial charge in [0, 0.05) is 38.3 Å². The van der Waals surface area contributed by atoms with Crippen LogP contribution in [0, 0.1) is 11.8 Å². The molecule has 5 nitrogen and oxygen atoms in total. The van der Waals surface area contributed by atoms with Gasteiger partial charge >= 0.3 is 0 Å². The van der Waals surface area contributed by atoms with Gasteiger partial charge in [-0.25, -0.2) is 0 Å². The van der Waals surface area contributed by atoms with E-state index < -0.39 is 0 Å². The molecular weight excluding hydrogens is 316 g/mol. The molecule has 1 aromatic carbocycles. The van der Waals surface area contributed by atoms with Crippen LogP contribution in [0.15, 0.2) is 18.2 Å². The van der Waals surface area contributed by atoms with Crippen LogP contribution in [0.4, 0.5) is 0 Å². The molecule has 0 spiro atoms. The lowest BCUT2D eigenvalue weighted by Crippen LogP contribution is -2.40. The molecule has 5 heteroatoms. The van der Waals surface area contributed by atoms with Gasteiger partial charge in [0.1, 0.15) is 5.75 Å². The number of morpholine rings is 1. The van der Waals surface area contributed by atoms with Crippen molar-refractivity contribution < 1.29 is 14.6 Å². The molecule has 3 aliphatic rings. The monoisotopic (exact) mass is 344 g/mol. The first kappa shape index (κ1) is 16.9. The van der Waals surface area contributed by atoms with E-state index in [1.807, 2.05) is 11.0 Å². The second-order valence-corrected chi connectivity index (χ2v) is 7.83. The van der Waals surface area contributed by atoms with Gasteiger partial charge in [-0.3, -0.25) is 9.69 Å². The van der Waals surface area contributed by atoms with E-state index in [9.17, 15) is 9.90 Å². The van der Waals surface area contributed by atoms with Crippen molar-refractivity contribution in [1.29, 1.82) is 0 Å². The lowest BCUT2D eigenvalue weighted by molar-refractivity contribution is 0.0257. The second kappa shape index (κ2) is 7.34. The molecule has 0 atom stereocenters. The highest BCUT2D eigenvalue weighted by Gasteiger charge is 2.31. The van der Waals surface area contributed by atoms with Crippen molar-refractivity contribution in [3.05, 3.63) is 29.3 Å². The van der Waals surface area contributed by atoms with Crippen LogP contribution in [-0.4, -0.2) is 60.2 Å². The van der Waals surface area contributed by atoms with Gasteiger partial charge < -0.3 is 14.7 Å². The zero-order valence-electron chi connectivity index (χ0n) is 14.8. The summed E-state index contributed by atoms with van der Waals surface area (Å²) in [4.78, 5) is 17.1. The number of ether oxygens (including phenoxy) is 1. The number of rotatable bonds is 4. The van der Waals surface area contributed by atoms with Crippen LogP contribution in [0.1, 0.15) is 41.6 Å². The molecule has 1 amide bonds. The van der Waals surface area contributed by atoms with Gasteiger partial charge in [0.25, 0.3) is 5.91 Å². The van der Waals surface area contributed by atoms with Gasteiger partial charge in [0.15, 0.2) is 0 Å². The summed E-state index contributed by atoms with van der Waals surface area (Å²) in [5, 5.41) is 9.60. The molecule has 2 aliphatic heterocycles. The Hall–Kier alpha value is -1.59. The maximum Gasteiger partial charge on any atom is 0.254 e. The number of hydrogen-bond acceptors (Lipinski definition) is 4. The van der Waals surface area contributed by atoms with Crippen molar-refractivity contribution in [2.45, 2.75) is 32.2 Å². The molecule has 1 aromatic rings. The second-order valence-electron chi connectivity index (χ2n) is 7.83. The van der Waals surface area contributed by atoms with Gasteiger partial charge in [-0.1, -0.05) is 6.07 Å². The first-order valence-electron chi connectivity index (χ1n) is 9.60. The van der Waals surface area contributed by atoms with Gasteiger partial charge in [-0.2, -0.15) is 0 Å². The van der Waals surface area contributed by atoms with E-state index in [4.69, 9.17) is 4.74 Å². The smallest absolute Gasteiger partial charge is 0.254 e. The van der Waals surface area contributed by atoms with Crippen LogP contribution >= 0.6 is 0 Å². The van der Waals surface area contributed by atoms with E-state index in [1.54, 1.807) is 12.1 Å². The molecule has 1 aliphatic carbocycles. The number of benzene rings is 1. The molecule has 136 valence electrons. The first-order valence-corrected chi connectivity index (χ1v) is 9.60. The molecule has 1 saturated heterocycles. The topological polar surface area (TPSA) is 53.0 Å². The number of fused-ring (bicyclic) bond motifs is 1. The molecule has 25 heavy (non-hydrogen) atoms. The van der Waals surface area contributed by atoms with E-state index in [1.165, 1.54) is 32.2 Å². The SMILES string of the molecule is O=C1c2cc(O)ccc2CN1C[C@H]1CC[C@H](CN2CCOCC2)CC1. The fraction of sp³-hybridized carbons (Fsp3) is 0.650. The standard InChI is InChI=1S/C20H28N2O3/c23-18-6-5-17-14-22(20(24)19(17)11-18)13-16-3-1-15(2-4-16)12-21-7-9-25-10-8-21/h5-6,11,15-16,23H,1-4,7-10,12-14H2/t15-,16-. The van der Waals surface area contributed by atoms with E-state index >= 15 is 0 Å². The van der Waals surface area contributed by atoms with Crippen LogP contribution in [0.5, 0.6) is 5.75 Å². The highest BCUT2D eigenvalue weighted by Crippen LogP contribution is 2.33. The Bertz CT molecular complexity index is 619. The highest BCUT2D eigenvalue weighted by atomic mass is 16.5. The number of phenols is 1. The van der Waals surface area contributed by atoms with E-state index in [0.717, 1.165) is 44.3 Å². The van der Waals surface area contributed by atoms with Crippen molar-refractivity contribution in [3.63, 3.8) is 0 Å². The molecule has 1 N–H and O–H groups in total. The van der Waals surface area contributed by atoms with Crippen molar-refractivity contribution in [2.24, 2.45) is 11.8 Å². The summed E-state index contributed by atoms with van der Waals surface area (Å²) in [5.41, 5.74) is 1.73. The summed E-state index contributed by atoms with van der Waals surface area (Å²) < 4.78 is 5.43. The van der Waals surface area contributed by atoms with Gasteiger partial charge in [-0.15, -0.1) is 0 Å². The molecule has 4 rings (SSSR count). The average Bonchev–Trinajstić information content (AvgIpc) is 2.93. The normalized spacial score (nSPS) is 27.5. The molecule has 1 saturated carbocycles. The number of nitrogens with zero attached hydrogens (tertiary/aromatic N) is 2. The maximum absolute atomic E-state index is 12.5. The molecule has 0 aromatic heterocycles. The van der Waals surface area contributed by atoms with Gasteiger partial charge in [0.05, 0.1) is 13.2 Å². The summed E-state index contributed by atoms with van der Waals surface area (Å²) in [7, 11) is 0. The summed E-state index contributed by atoms with van der Waals surface area (Å²) in [5.74, 6) is 1.68. The molecule has 2 heterocycles. The van der Waals surface area contributed by atoms with Crippen LogP contribution in [0.3, 0.4) is 0 Å². The predicted molar refractivity (Wildman–Crippen MR) is 95.6 cm³/mol. The fourth-order valence-electron chi connectivity index (χ4n) is 4.55. The third-order valence-corrected chi connectivity index (χ3v) is 6.04. The zero-order chi connectivity index (χ0) is 17.2. The Morgan fingerprint density at radius 2 is 1.72 bits per heavy atom. The Balaban J connectivity index is 1.26. The van der Waals surface area contributed by atoms with Crippen molar-refractivity contribution in [3.8, 4) is 5.75 Å². The van der Waals surface area contributed by atoms with Gasteiger partial charge in [-0.05, 0) is 55.2 Å². The van der Waals surface area contributed by atoms with Gasteiger partial charge in [0.2, 0.25) is 0 Å². The Kier molecular flexibility index (Phi) is 4.95. The molecule has 0 unspecified atom stereocenters. The lowest BCUT2D eigenvalue weighted by Gasteiger charge is -2.35. The number of hydrogen-bond donors (Lipinski definition) is 1. The van der Waals surface area contributed by atoms with E-state index in [0.29, 0.717) is 18.0 Å². The van der Waals surface area contributed by atoms with Crippen LogP contribution in [-0.2, 0) is 11.3 Å². The predicted octanol–water partition coefficient (Wildman–Crippen LogP) is 2.49. The summed E-state index contributed by atoms with van der Waals surface area (Å²) in [6.45, 7) is 6.68. The molecule has 2 fully saturated rings. The van der Waals surface area contributed by atoms with E-state index in [-0.39, 0.29) is 11.7 Å². The summed E-state index contributed by atoms with van der Waals surface area (Å²) in [6.07, 6.45) is 5.00. The highest BCUT2D eigenvalue weighted by molar-refractivity contribution is 5.98.